The lowest BCUT2D eigenvalue weighted by Gasteiger charge is -2.21. The first-order valence-electron chi connectivity index (χ1n) is 10.0. The lowest BCUT2D eigenvalue weighted by atomic mass is 10.0. The minimum atomic E-state index is -0.841. The molecule has 9 nitrogen and oxygen atoms in total. The van der Waals surface area contributed by atoms with Gasteiger partial charge in [-0.05, 0) is 32.9 Å². The molecule has 0 atom stereocenters. The van der Waals surface area contributed by atoms with E-state index in [-0.39, 0.29) is 42.5 Å². The van der Waals surface area contributed by atoms with Gasteiger partial charge in [0.1, 0.15) is 24.7 Å². The molecule has 0 aliphatic heterocycles. The second-order valence-electron chi connectivity index (χ2n) is 7.62. The van der Waals surface area contributed by atoms with Crippen LogP contribution < -0.4 is 19.8 Å². The zero-order chi connectivity index (χ0) is 23.7. The summed E-state index contributed by atoms with van der Waals surface area (Å²) in [6, 6.07) is 6.55. The maximum Gasteiger partial charge on any atom is 0.379 e. The zero-order valence-electron chi connectivity index (χ0n) is 19.3. The van der Waals surface area contributed by atoms with E-state index in [0.29, 0.717) is 23.7 Å². The Morgan fingerprint density at radius 1 is 0.969 bits per heavy atom. The van der Waals surface area contributed by atoms with Crippen molar-refractivity contribution in [1.29, 1.82) is 0 Å². The van der Waals surface area contributed by atoms with Crippen LogP contribution in [0.15, 0.2) is 33.5 Å². The van der Waals surface area contributed by atoms with E-state index in [9.17, 15) is 9.59 Å². The van der Waals surface area contributed by atoms with Crippen molar-refractivity contribution in [3.05, 3.63) is 40.4 Å². The van der Waals surface area contributed by atoms with Gasteiger partial charge in [-0.2, -0.15) is 0 Å². The highest BCUT2D eigenvalue weighted by Gasteiger charge is 2.24. The Morgan fingerprint density at radius 3 is 2.28 bits per heavy atom. The third-order valence-electron chi connectivity index (χ3n) is 4.18. The molecule has 0 saturated carbocycles. The molecular formula is C23H30O9. The molecule has 0 spiro atoms. The van der Waals surface area contributed by atoms with Crippen LogP contribution in [0.2, 0.25) is 0 Å². The van der Waals surface area contributed by atoms with Crippen LogP contribution in [0.1, 0.15) is 31.3 Å². The molecule has 0 amide bonds. The summed E-state index contributed by atoms with van der Waals surface area (Å²) in [6.45, 7) is 6.79. The largest absolute Gasteiger partial charge is 0.496 e. The Morgan fingerprint density at radius 2 is 1.66 bits per heavy atom. The molecule has 1 aromatic carbocycles. The third kappa shape index (κ3) is 6.73. The molecule has 0 radical (unpaired) electrons. The number of ether oxygens (including phenoxy) is 6. The predicted molar refractivity (Wildman–Crippen MR) is 117 cm³/mol. The fraction of sp³-hybridized carbons (Fsp3) is 0.478. The Balaban J connectivity index is 2.56. The Bertz CT molecular complexity index is 957. The second kappa shape index (κ2) is 11.5. The van der Waals surface area contributed by atoms with Crippen molar-refractivity contribution in [2.75, 3.05) is 47.8 Å². The fourth-order valence-corrected chi connectivity index (χ4v) is 2.80. The monoisotopic (exact) mass is 450 g/mol. The van der Waals surface area contributed by atoms with E-state index in [4.69, 9.17) is 32.8 Å². The minimum Gasteiger partial charge on any atom is -0.496 e. The smallest absolute Gasteiger partial charge is 0.379 e. The van der Waals surface area contributed by atoms with Gasteiger partial charge in [0, 0.05) is 18.7 Å². The van der Waals surface area contributed by atoms with Crippen LogP contribution in [-0.4, -0.2) is 59.3 Å². The number of carbonyl (C=O) groups is 1. The maximum atomic E-state index is 12.7. The van der Waals surface area contributed by atoms with E-state index < -0.39 is 11.6 Å². The number of esters is 1. The van der Waals surface area contributed by atoms with Crippen LogP contribution >= 0.6 is 0 Å². The van der Waals surface area contributed by atoms with Gasteiger partial charge in [0.05, 0.1) is 38.6 Å². The molecule has 0 aliphatic carbocycles. The number of hydrogen-bond acceptors (Lipinski definition) is 9. The van der Waals surface area contributed by atoms with Gasteiger partial charge in [-0.15, -0.1) is 0 Å². The van der Waals surface area contributed by atoms with Crippen molar-refractivity contribution in [1.82, 2.24) is 0 Å². The fourth-order valence-electron chi connectivity index (χ4n) is 2.80. The minimum absolute atomic E-state index is 0.0938. The molecule has 0 aliphatic rings. The van der Waals surface area contributed by atoms with E-state index in [1.54, 1.807) is 18.2 Å². The second-order valence-corrected chi connectivity index (χ2v) is 7.62. The maximum absolute atomic E-state index is 12.7. The molecule has 176 valence electrons. The lowest BCUT2D eigenvalue weighted by Crippen LogP contribution is -2.22. The molecule has 9 heteroatoms. The van der Waals surface area contributed by atoms with E-state index in [1.165, 1.54) is 27.4 Å². The molecule has 2 aromatic rings. The highest BCUT2D eigenvalue weighted by Crippen LogP contribution is 2.42. The molecule has 2 rings (SSSR count). The summed E-state index contributed by atoms with van der Waals surface area (Å²) in [5.41, 5.74) is -0.457. The van der Waals surface area contributed by atoms with Crippen LogP contribution in [0.4, 0.5) is 0 Å². The van der Waals surface area contributed by atoms with Crippen LogP contribution in [-0.2, 0) is 14.2 Å². The summed E-state index contributed by atoms with van der Waals surface area (Å²) in [5.74, 6) is -0.352. The summed E-state index contributed by atoms with van der Waals surface area (Å²) < 4.78 is 37.6. The number of carbonyl (C=O) groups excluding carboxylic acids is 1. The van der Waals surface area contributed by atoms with Crippen LogP contribution in [0.3, 0.4) is 0 Å². The van der Waals surface area contributed by atoms with Crippen LogP contribution in [0.5, 0.6) is 17.2 Å². The number of hydrogen-bond donors (Lipinski definition) is 0. The summed E-state index contributed by atoms with van der Waals surface area (Å²) in [6.07, 6.45) is 0. The number of rotatable bonds is 11. The van der Waals surface area contributed by atoms with Crippen molar-refractivity contribution < 1.29 is 37.6 Å². The lowest BCUT2D eigenvalue weighted by molar-refractivity contribution is -0.0162. The summed E-state index contributed by atoms with van der Waals surface area (Å²) in [7, 11) is 4.19. The summed E-state index contributed by atoms with van der Waals surface area (Å²) >= 11 is 0. The van der Waals surface area contributed by atoms with Crippen molar-refractivity contribution in [2.45, 2.75) is 26.4 Å². The predicted octanol–water partition coefficient (Wildman–Crippen LogP) is 3.32. The van der Waals surface area contributed by atoms with Gasteiger partial charge in [-0.3, -0.25) is 0 Å². The van der Waals surface area contributed by atoms with Crippen molar-refractivity contribution in [3.63, 3.8) is 0 Å². The molecule has 1 heterocycles. The van der Waals surface area contributed by atoms with Gasteiger partial charge in [0.15, 0.2) is 0 Å². The topological polar surface area (TPSA) is 103 Å². The first-order valence-corrected chi connectivity index (χ1v) is 10.0. The normalized spacial score (nSPS) is 11.2. The van der Waals surface area contributed by atoms with E-state index in [0.717, 1.165) is 0 Å². The molecule has 1 aromatic heterocycles. The highest BCUT2D eigenvalue weighted by molar-refractivity contribution is 5.90. The van der Waals surface area contributed by atoms with Gasteiger partial charge >= 0.3 is 11.6 Å². The molecule has 32 heavy (non-hydrogen) atoms. The molecule has 0 fully saturated rings. The SMILES string of the molecule is COCCOc1c(-c2c(OC)cccc2OCCOC(C)(C)C)cc(C(=O)OC)oc1=O. The number of benzene rings is 1. The van der Waals surface area contributed by atoms with Gasteiger partial charge in [-0.1, -0.05) is 6.07 Å². The molecular weight excluding hydrogens is 420 g/mol. The molecule has 0 N–H and O–H groups in total. The molecule has 0 unspecified atom stereocenters. The van der Waals surface area contributed by atoms with Crippen LogP contribution in [0, 0.1) is 0 Å². The van der Waals surface area contributed by atoms with Crippen molar-refractivity contribution in [3.8, 4) is 28.4 Å². The van der Waals surface area contributed by atoms with Crippen LogP contribution in [0.25, 0.3) is 11.1 Å². The van der Waals surface area contributed by atoms with Crippen molar-refractivity contribution in [2.24, 2.45) is 0 Å². The van der Waals surface area contributed by atoms with E-state index in [1.807, 2.05) is 20.8 Å². The van der Waals surface area contributed by atoms with Crippen molar-refractivity contribution >= 4 is 5.97 Å². The quantitative estimate of drug-likeness (QED) is 0.377. The Labute approximate surface area is 187 Å². The van der Waals surface area contributed by atoms with Gasteiger partial charge in [0.2, 0.25) is 11.5 Å². The number of methoxy groups -OCH3 is 3. The van der Waals surface area contributed by atoms with Gasteiger partial charge < -0.3 is 32.8 Å². The average molecular weight is 450 g/mol. The van der Waals surface area contributed by atoms with Gasteiger partial charge in [0.25, 0.3) is 0 Å². The van der Waals surface area contributed by atoms with E-state index >= 15 is 0 Å². The highest BCUT2D eigenvalue weighted by atomic mass is 16.6. The molecule has 0 saturated heterocycles. The zero-order valence-corrected chi connectivity index (χ0v) is 19.3. The Hall–Kier alpha value is -3.04. The first kappa shape index (κ1) is 25.2. The first-order chi connectivity index (χ1) is 15.2. The van der Waals surface area contributed by atoms with Gasteiger partial charge in [-0.25, -0.2) is 9.59 Å². The summed E-state index contributed by atoms with van der Waals surface area (Å²) in [4.78, 5) is 24.8. The van der Waals surface area contributed by atoms with E-state index in [2.05, 4.69) is 0 Å². The standard InChI is InChI=1S/C23H30O9/c1-23(2,3)31-13-12-29-17-9-7-8-16(27-5)19(17)15-14-18(21(24)28-6)32-22(25)20(15)30-11-10-26-4/h7-9,14H,10-13H2,1-6H3. The summed E-state index contributed by atoms with van der Waals surface area (Å²) in [5, 5.41) is 0. The average Bonchev–Trinajstić information content (AvgIpc) is 2.76. The molecule has 0 bridgehead atoms. The Kier molecular flexibility index (Phi) is 9.10. The third-order valence-corrected chi connectivity index (χ3v) is 4.18.